The van der Waals surface area contributed by atoms with Crippen LogP contribution in [0.2, 0.25) is 5.02 Å². The first kappa shape index (κ1) is 19.8. The zero-order chi connectivity index (χ0) is 18.2. The number of primary amides is 1. The van der Waals surface area contributed by atoms with Crippen molar-refractivity contribution in [1.29, 1.82) is 0 Å². The summed E-state index contributed by atoms with van der Waals surface area (Å²) in [6, 6.07) is 4.33. The van der Waals surface area contributed by atoms with E-state index < -0.39 is 5.91 Å². The predicted octanol–water partition coefficient (Wildman–Crippen LogP) is 2.18. The van der Waals surface area contributed by atoms with Crippen molar-refractivity contribution in [2.45, 2.75) is 39.3 Å². The first-order chi connectivity index (χ1) is 12.0. The van der Waals surface area contributed by atoms with Crippen molar-refractivity contribution in [2.75, 3.05) is 32.8 Å². The highest BCUT2D eigenvalue weighted by molar-refractivity contribution is 6.32. The van der Waals surface area contributed by atoms with Gasteiger partial charge in [-0.1, -0.05) is 18.5 Å². The Morgan fingerprint density at radius 2 is 2.20 bits per heavy atom. The Hall–Kier alpha value is -1.50. The van der Waals surface area contributed by atoms with Crippen LogP contribution in [-0.2, 0) is 11.3 Å². The van der Waals surface area contributed by atoms with Gasteiger partial charge in [-0.25, -0.2) is 0 Å². The van der Waals surface area contributed by atoms with Crippen LogP contribution in [0.3, 0.4) is 0 Å². The highest BCUT2D eigenvalue weighted by atomic mass is 35.5. The first-order valence-corrected chi connectivity index (χ1v) is 9.24. The molecule has 140 valence electrons. The lowest BCUT2D eigenvalue weighted by atomic mass is 10.1. The number of likely N-dealkylation sites (tertiary alicyclic amines) is 1. The minimum Gasteiger partial charge on any atom is -0.490 e. The highest BCUT2D eigenvalue weighted by Gasteiger charge is 2.22. The Morgan fingerprint density at radius 1 is 1.40 bits per heavy atom. The summed E-state index contributed by atoms with van der Waals surface area (Å²) in [4.78, 5) is 13.4. The summed E-state index contributed by atoms with van der Waals surface area (Å²) >= 11 is 6.31. The fourth-order valence-electron chi connectivity index (χ4n) is 3.20. The Labute approximate surface area is 154 Å². The number of benzene rings is 1. The van der Waals surface area contributed by atoms with Gasteiger partial charge in [-0.15, -0.1) is 0 Å². The minimum atomic E-state index is -0.554. The summed E-state index contributed by atoms with van der Waals surface area (Å²) in [5.41, 5.74) is 6.15. The number of carbonyl (C=O) groups is 1. The van der Waals surface area contributed by atoms with Crippen molar-refractivity contribution < 1.29 is 14.3 Å². The van der Waals surface area contributed by atoms with Gasteiger partial charge in [0.25, 0.3) is 5.91 Å². The lowest BCUT2D eigenvalue weighted by molar-refractivity contribution is -0.119. The SMILES string of the molecule is CCOc1cc(CNC[C@@H]2CCCN2CC)cc(Cl)c1OCC(N)=O. The number of nitrogens with zero attached hydrogens (tertiary/aromatic N) is 1. The van der Waals surface area contributed by atoms with Crippen LogP contribution in [0.1, 0.15) is 32.3 Å². The van der Waals surface area contributed by atoms with E-state index in [1.807, 2.05) is 19.1 Å². The number of likely N-dealkylation sites (N-methyl/N-ethyl adjacent to an activating group) is 1. The Balaban J connectivity index is 1.99. The lowest BCUT2D eigenvalue weighted by Crippen LogP contribution is -2.37. The Morgan fingerprint density at radius 3 is 2.88 bits per heavy atom. The molecule has 2 rings (SSSR count). The first-order valence-electron chi connectivity index (χ1n) is 8.86. The summed E-state index contributed by atoms with van der Waals surface area (Å²) in [7, 11) is 0. The molecule has 25 heavy (non-hydrogen) atoms. The fourth-order valence-corrected chi connectivity index (χ4v) is 3.48. The molecule has 1 saturated heterocycles. The fraction of sp³-hybridized carbons (Fsp3) is 0.611. The molecule has 1 aliphatic rings. The molecule has 1 heterocycles. The Kier molecular flexibility index (Phi) is 7.81. The molecule has 3 N–H and O–H groups in total. The van der Waals surface area contributed by atoms with Crippen molar-refractivity contribution in [3.63, 3.8) is 0 Å². The minimum absolute atomic E-state index is 0.230. The van der Waals surface area contributed by atoms with Gasteiger partial charge in [-0.2, -0.15) is 0 Å². The summed E-state index contributed by atoms with van der Waals surface area (Å²) < 4.78 is 11.0. The van der Waals surface area contributed by atoms with Crippen molar-refractivity contribution in [1.82, 2.24) is 10.2 Å². The van der Waals surface area contributed by atoms with Crippen LogP contribution in [0.25, 0.3) is 0 Å². The maximum absolute atomic E-state index is 10.9. The molecular formula is C18H28ClN3O3. The van der Waals surface area contributed by atoms with Gasteiger partial charge < -0.3 is 20.5 Å². The van der Waals surface area contributed by atoms with Crippen molar-refractivity contribution >= 4 is 17.5 Å². The number of hydrogen-bond donors (Lipinski definition) is 2. The van der Waals surface area contributed by atoms with Crippen molar-refractivity contribution in [3.05, 3.63) is 22.7 Å². The lowest BCUT2D eigenvalue weighted by Gasteiger charge is -2.23. The predicted molar refractivity (Wildman–Crippen MR) is 99.3 cm³/mol. The third-order valence-electron chi connectivity index (χ3n) is 4.34. The molecule has 1 aromatic rings. The molecule has 0 spiro atoms. The second-order valence-electron chi connectivity index (χ2n) is 6.15. The highest BCUT2D eigenvalue weighted by Crippen LogP contribution is 2.36. The second-order valence-corrected chi connectivity index (χ2v) is 6.56. The van der Waals surface area contributed by atoms with E-state index in [9.17, 15) is 4.79 Å². The van der Waals surface area contributed by atoms with E-state index in [0.717, 1.165) is 18.7 Å². The van der Waals surface area contributed by atoms with Gasteiger partial charge >= 0.3 is 0 Å². The third kappa shape index (κ3) is 5.76. The molecule has 0 saturated carbocycles. The van der Waals surface area contributed by atoms with E-state index in [2.05, 4.69) is 17.1 Å². The average Bonchev–Trinajstić information content (AvgIpc) is 3.01. The molecule has 0 aromatic heterocycles. The van der Waals surface area contributed by atoms with Crippen LogP contribution in [0, 0.1) is 0 Å². The molecule has 7 heteroatoms. The van der Waals surface area contributed by atoms with Gasteiger partial charge in [0, 0.05) is 19.1 Å². The topological polar surface area (TPSA) is 76.8 Å². The number of ether oxygens (including phenoxy) is 2. The van der Waals surface area contributed by atoms with E-state index in [1.54, 1.807) is 0 Å². The number of carbonyl (C=O) groups excluding carboxylic acids is 1. The van der Waals surface area contributed by atoms with Gasteiger partial charge in [-0.05, 0) is 50.6 Å². The molecule has 0 bridgehead atoms. The number of amides is 1. The zero-order valence-electron chi connectivity index (χ0n) is 15.0. The van der Waals surface area contributed by atoms with E-state index >= 15 is 0 Å². The van der Waals surface area contributed by atoms with Gasteiger partial charge in [-0.3, -0.25) is 9.69 Å². The van der Waals surface area contributed by atoms with Crippen LogP contribution in [-0.4, -0.2) is 49.7 Å². The average molecular weight is 370 g/mol. The van der Waals surface area contributed by atoms with E-state index in [0.29, 0.717) is 35.7 Å². The zero-order valence-corrected chi connectivity index (χ0v) is 15.8. The van der Waals surface area contributed by atoms with Gasteiger partial charge in [0.1, 0.15) is 0 Å². The maximum Gasteiger partial charge on any atom is 0.255 e. The molecule has 1 fully saturated rings. The number of rotatable bonds is 10. The summed E-state index contributed by atoms with van der Waals surface area (Å²) in [6.07, 6.45) is 2.51. The van der Waals surface area contributed by atoms with E-state index in [4.69, 9.17) is 26.8 Å². The largest absolute Gasteiger partial charge is 0.490 e. The second kappa shape index (κ2) is 9.85. The van der Waals surface area contributed by atoms with Crippen LogP contribution in [0.4, 0.5) is 0 Å². The van der Waals surface area contributed by atoms with Gasteiger partial charge in [0.05, 0.1) is 11.6 Å². The number of hydrogen-bond acceptors (Lipinski definition) is 5. The molecular weight excluding hydrogens is 342 g/mol. The smallest absolute Gasteiger partial charge is 0.255 e. The molecule has 6 nitrogen and oxygen atoms in total. The van der Waals surface area contributed by atoms with Crippen molar-refractivity contribution in [3.8, 4) is 11.5 Å². The Bertz CT molecular complexity index is 583. The van der Waals surface area contributed by atoms with Crippen LogP contribution in [0.5, 0.6) is 11.5 Å². The van der Waals surface area contributed by atoms with Crippen LogP contribution in [0.15, 0.2) is 12.1 Å². The number of halogens is 1. The molecule has 0 unspecified atom stereocenters. The van der Waals surface area contributed by atoms with Gasteiger partial charge in [0.2, 0.25) is 0 Å². The van der Waals surface area contributed by atoms with E-state index in [-0.39, 0.29) is 6.61 Å². The number of nitrogens with one attached hydrogen (secondary N) is 1. The standard InChI is InChI=1S/C18H28ClN3O3/c1-3-22-7-5-6-14(22)11-21-10-13-8-15(19)18(25-12-17(20)23)16(9-13)24-4-2/h8-9,14,21H,3-7,10-12H2,1-2H3,(H2,20,23)/t14-/m0/s1. The summed E-state index contributed by atoms with van der Waals surface area (Å²) in [5, 5.41) is 3.92. The molecule has 0 radical (unpaired) electrons. The summed E-state index contributed by atoms with van der Waals surface area (Å²) in [5.74, 6) is 0.337. The molecule has 1 aromatic carbocycles. The van der Waals surface area contributed by atoms with Crippen LogP contribution < -0.4 is 20.5 Å². The number of nitrogens with two attached hydrogens (primary N) is 1. The maximum atomic E-state index is 10.9. The van der Waals surface area contributed by atoms with Crippen molar-refractivity contribution in [2.24, 2.45) is 5.73 Å². The van der Waals surface area contributed by atoms with Gasteiger partial charge in [0.15, 0.2) is 18.1 Å². The normalized spacial score (nSPS) is 17.6. The quantitative estimate of drug-likeness (QED) is 0.661. The monoisotopic (exact) mass is 369 g/mol. The molecule has 1 atom stereocenters. The summed E-state index contributed by atoms with van der Waals surface area (Å²) in [6.45, 7) is 8.28. The third-order valence-corrected chi connectivity index (χ3v) is 4.62. The van der Waals surface area contributed by atoms with E-state index in [1.165, 1.54) is 19.4 Å². The molecule has 0 aliphatic carbocycles. The molecule has 1 amide bonds. The van der Waals surface area contributed by atoms with Crippen LogP contribution >= 0.6 is 11.6 Å². The molecule has 1 aliphatic heterocycles.